The molecule has 1 aliphatic heterocycles. The van der Waals surface area contributed by atoms with E-state index in [1.807, 2.05) is 46.7 Å². The molecule has 26 heavy (non-hydrogen) atoms. The van der Waals surface area contributed by atoms with Crippen LogP contribution in [0.5, 0.6) is 0 Å². The lowest BCUT2D eigenvalue weighted by Gasteiger charge is -2.24. The minimum absolute atomic E-state index is 0.0862. The second-order valence-electron chi connectivity index (χ2n) is 6.26. The van der Waals surface area contributed by atoms with E-state index in [0.29, 0.717) is 6.54 Å². The number of esters is 1. The van der Waals surface area contributed by atoms with Crippen LogP contribution in [-0.2, 0) is 9.53 Å². The number of pyridine rings is 1. The van der Waals surface area contributed by atoms with Gasteiger partial charge in [-0.15, -0.1) is 0 Å². The highest BCUT2D eigenvalue weighted by atomic mass is 32.1. The quantitative estimate of drug-likeness (QED) is 0.659. The monoisotopic (exact) mass is 366 g/mol. The Balaban J connectivity index is 1.45. The van der Waals surface area contributed by atoms with E-state index in [-0.39, 0.29) is 24.2 Å². The van der Waals surface area contributed by atoms with Crippen LogP contribution in [0.3, 0.4) is 0 Å². The molecule has 0 saturated carbocycles. The second kappa shape index (κ2) is 7.25. The van der Waals surface area contributed by atoms with Crippen molar-refractivity contribution in [1.82, 2.24) is 9.88 Å². The van der Waals surface area contributed by atoms with Crippen molar-refractivity contribution in [3.8, 4) is 0 Å². The molecular weight excluding hydrogens is 348 g/mol. The van der Waals surface area contributed by atoms with Gasteiger partial charge in [0.2, 0.25) is 0 Å². The first-order valence-electron chi connectivity index (χ1n) is 8.56. The molecule has 0 unspecified atom stereocenters. The van der Waals surface area contributed by atoms with Gasteiger partial charge in [0.1, 0.15) is 0 Å². The molecule has 5 nitrogen and oxygen atoms in total. The van der Waals surface area contributed by atoms with Crippen LogP contribution in [0.1, 0.15) is 34.9 Å². The summed E-state index contributed by atoms with van der Waals surface area (Å²) in [5.74, 6) is -0.728. The van der Waals surface area contributed by atoms with Gasteiger partial charge in [-0.2, -0.15) is 11.3 Å². The fraction of sp³-hybridized carbons (Fsp3) is 0.250. The van der Waals surface area contributed by atoms with Crippen molar-refractivity contribution < 1.29 is 14.3 Å². The average molecular weight is 366 g/mol. The predicted molar refractivity (Wildman–Crippen MR) is 100 cm³/mol. The molecule has 0 aliphatic carbocycles. The number of ether oxygens (including phenoxy) is 1. The number of aromatic nitrogens is 1. The average Bonchev–Trinajstić information content (AvgIpc) is 3.36. The van der Waals surface area contributed by atoms with Crippen LogP contribution >= 0.6 is 11.3 Å². The Morgan fingerprint density at radius 3 is 2.96 bits per heavy atom. The molecule has 1 aromatic carbocycles. The first-order chi connectivity index (χ1) is 12.7. The molecule has 0 radical (unpaired) electrons. The van der Waals surface area contributed by atoms with Crippen LogP contribution in [0.25, 0.3) is 10.8 Å². The van der Waals surface area contributed by atoms with Crippen molar-refractivity contribution in [2.24, 2.45) is 0 Å². The summed E-state index contributed by atoms with van der Waals surface area (Å²) in [4.78, 5) is 31.0. The van der Waals surface area contributed by atoms with E-state index in [2.05, 4.69) is 10.4 Å². The zero-order valence-electron chi connectivity index (χ0n) is 14.1. The molecule has 6 heteroatoms. The van der Waals surface area contributed by atoms with Crippen molar-refractivity contribution in [3.05, 3.63) is 64.6 Å². The highest BCUT2D eigenvalue weighted by Crippen LogP contribution is 2.33. The number of thiophene rings is 1. The molecule has 132 valence electrons. The van der Waals surface area contributed by atoms with E-state index < -0.39 is 5.97 Å². The Morgan fingerprint density at radius 1 is 1.23 bits per heavy atom. The largest absolute Gasteiger partial charge is 0.451 e. The topological polar surface area (TPSA) is 59.5 Å². The number of carbonyl (C=O) groups is 2. The lowest BCUT2D eigenvalue weighted by molar-refractivity contribution is -0.135. The van der Waals surface area contributed by atoms with Gasteiger partial charge in [-0.25, -0.2) is 9.78 Å². The molecular formula is C20H18N2O3S. The summed E-state index contributed by atoms with van der Waals surface area (Å²) in [7, 11) is 0. The normalized spacial score (nSPS) is 16.8. The zero-order chi connectivity index (χ0) is 17.9. The summed E-state index contributed by atoms with van der Waals surface area (Å²) in [6.45, 7) is 0.438. The van der Waals surface area contributed by atoms with Crippen LogP contribution in [0.4, 0.5) is 0 Å². The molecule has 1 saturated heterocycles. The van der Waals surface area contributed by atoms with E-state index >= 15 is 0 Å². The molecule has 4 rings (SSSR count). The Labute approximate surface area is 155 Å². The number of nitrogens with zero attached hydrogens (tertiary/aromatic N) is 2. The molecule has 1 atom stereocenters. The summed E-state index contributed by atoms with van der Waals surface area (Å²) in [6, 6.07) is 11.5. The van der Waals surface area contributed by atoms with E-state index in [4.69, 9.17) is 4.74 Å². The SMILES string of the molecule is O=C(OCC(=O)N1CCC[C@H]1c1ccsc1)c1nccc2ccccc12. The van der Waals surface area contributed by atoms with E-state index in [9.17, 15) is 9.59 Å². The Morgan fingerprint density at radius 2 is 2.12 bits per heavy atom. The van der Waals surface area contributed by atoms with Crippen LogP contribution in [0, 0.1) is 0 Å². The van der Waals surface area contributed by atoms with Crippen molar-refractivity contribution in [2.75, 3.05) is 13.2 Å². The highest BCUT2D eigenvalue weighted by molar-refractivity contribution is 7.08. The van der Waals surface area contributed by atoms with Crippen LogP contribution in [0.2, 0.25) is 0 Å². The molecule has 1 fully saturated rings. The number of likely N-dealkylation sites (tertiary alicyclic amines) is 1. The molecule has 0 N–H and O–H groups in total. The summed E-state index contributed by atoms with van der Waals surface area (Å²) < 4.78 is 5.29. The number of fused-ring (bicyclic) bond motifs is 1. The van der Waals surface area contributed by atoms with Crippen molar-refractivity contribution in [1.29, 1.82) is 0 Å². The van der Waals surface area contributed by atoms with Crippen molar-refractivity contribution in [2.45, 2.75) is 18.9 Å². The van der Waals surface area contributed by atoms with Crippen LogP contribution < -0.4 is 0 Å². The summed E-state index contributed by atoms with van der Waals surface area (Å²) in [5.41, 5.74) is 1.40. The molecule has 0 spiro atoms. The number of hydrogen-bond donors (Lipinski definition) is 0. The molecule has 2 aromatic heterocycles. The number of carbonyl (C=O) groups excluding carboxylic acids is 2. The standard InChI is InChI=1S/C20H18N2O3S/c23-18(22-10-3-6-17(22)15-8-11-26-13-15)12-25-20(24)19-16-5-2-1-4-14(16)7-9-21-19/h1-2,4-5,7-9,11,13,17H,3,6,10,12H2/t17-/m0/s1. The third-order valence-corrected chi connectivity index (χ3v) is 5.40. The fourth-order valence-electron chi connectivity index (χ4n) is 3.44. The van der Waals surface area contributed by atoms with Gasteiger partial charge in [-0.3, -0.25) is 4.79 Å². The van der Waals surface area contributed by atoms with Gasteiger partial charge < -0.3 is 9.64 Å². The fourth-order valence-corrected chi connectivity index (χ4v) is 4.14. The van der Waals surface area contributed by atoms with Gasteiger partial charge >= 0.3 is 5.97 Å². The van der Waals surface area contributed by atoms with Crippen molar-refractivity contribution >= 4 is 34.0 Å². The van der Waals surface area contributed by atoms with Gasteiger partial charge in [0.15, 0.2) is 12.3 Å². The maximum atomic E-state index is 12.6. The van der Waals surface area contributed by atoms with E-state index in [0.717, 1.165) is 29.2 Å². The molecule has 1 aliphatic rings. The number of hydrogen-bond acceptors (Lipinski definition) is 5. The van der Waals surface area contributed by atoms with E-state index in [1.54, 1.807) is 17.5 Å². The Bertz CT molecular complexity index is 934. The maximum Gasteiger partial charge on any atom is 0.358 e. The Hall–Kier alpha value is -2.73. The summed E-state index contributed by atoms with van der Waals surface area (Å²) in [5, 5.41) is 5.73. The third-order valence-electron chi connectivity index (χ3n) is 4.69. The Kier molecular flexibility index (Phi) is 4.67. The minimum Gasteiger partial charge on any atom is -0.451 e. The first-order valence-corrected chi connectivity index (χ1v) is 9.51. The number of rotatable bonds is 4. The smallest absolute Gasteiger partial charge is 0.358 e. The van der Waals surface area contributed by atoms with Gasteiger partial charge in [0, 0.05) is 18.1 Å². The van der Waals surface area contributed by atoms with Crippen LogP contribution in [-0.4, -0.2) is 34.9 Å². The summed E-state index contributed by atoms with van der Waals surface area (Å²) >= 11 is 1.63. The van der Waals surface area contributed by atoms with Gasteiger partial charge in [-0.1, -0.05) is 24.3 Å². The molecule has 3 heterocycles. The lowest BCUT2D eigenvalue weighted by atomic mass is 10.1. The highest BCUT2D eigenvalue weighted by Gasteiger charge is 2.30. The van der Waals surface area contributed by atoms with Crippen molar-refractivity contribution in [3.63, 3.8) is 0 Å². The van der Waals surface area contributed by atoms with Gasteiger partial charge in [0.25, 0.3) is 5.91 Å². The second-order valence-corrected chi connectivity index (χ2v) is 7.04. The molecule has 3 aromatic rings. The number of amides is 1. The molecule has 0 bridgehead atoms. The summed E-state index contributed by atoms with van der Waals surface area (Å²) in [6.07, 6.45) is 3.49. The predicted octanol–water partition coefficient (Wildman–Crippen LogP) is 3.82. The van der Waals surface area contributed by atoms with Crippen LogP contribution in [0.15, 0.2) is 53.4 Å². The minimum atomic E-state index is -0.568. The lowest BCUT2D eigenvalue weighted by Crippen LogP contribution is -2.34. The number of benzene rings is 1. The van der Waals surface area contributed by atoms with Gasteiger partial charge in [0.05, 0.1) is 6.04 Å². The van der Waals surface area contributed by atoms with Gasteiger partial charge in [-0.05, 0) is 46.7 Å². The zero-order valence-corrected chi connectivity index (χ0v) is 14.9. The third kappa shape index (κ3) is 3.20. The van der Waals surface area contributed by atoms with E-state index in [1.165, 1.54) is 0 Å². The maximum absolute atomic E-state index is 12.6. The first kappa shape index (κ1) is 16.7. The molecule has 1 amide bonds.